The van der Waals surface area contributed by atoms with Gasteiger partial charge in [0, 0.05) is 18.9 Å². The van der Waals surface area contributed by atoms with E-state index in [4.69, 9.17) is 9.47 Å². The zero-order chi connectivity index (χ0) is 15.4. The molecular weight excluding hydrogens is 275 g/mol. The second-order valence-electron chi connectivity index (χ2n) is 5.99. The highest BCUT2D eigenvalue weighted by Gasteiger charge is 2.07. The van der Waals surface area contributed by atoms with E-state index in [1.165, 1.54) is 0 Å². The van der Waals surface area contributed by atoms with Gasteiger partial charge in [-0.3, -0.25) is 4.79 Å². The van der Waals surface area contributed by atoms with Crippen LogP contribution in [0.1, 0.15) is 47.0 Å². The Kier molecular flexibility index (Phi) is 12.2. The molecule has 0 radical (unpaired) electrons. The second kappa shape index (κ2) is 12.4. The van der Waals surface area contributed by atoms with Gasteiger partial charge in [-0.2, -0.15) is 0 Å². The Morgan fingerprint density at radius 2 is 1.55 bits per heavy atom. The Morgan fingerprint density at radius 3 is 2.15 bits per heavy atom. The standard InChI is InChI=1S/C15H31O4P/c1-13(2)5-8-18-10-12-20(17)11-7-15(16)19-9-6-14(3)4/h13-14,20H,5-12H2,1-4H3. The molecule has 120 valence electrons. The summed E-state index contributed by atoms with van der Waals surface area (Å²) in [5, 5.41) is 0. The molecule has 0 heterocycles. The average Bonchev–Trinajstić information content (AvgIpc) is 2.35. The lowest BCUT2D eigenvalue weighted by molar-refractivity contribution is -0.143. The zero-order valence-electron chi connectivity index (χ0n) is 13.4. The maximum atomic E-state index is 11.7. The van der Waals surface area contributed by atoms with Crippen LogP contribution < -0.4 is 0 Å². The fourth-order valence-electron chi connectivity index (χ4n) is 1.45. The van der Waals surface area contributed by atoms with E-state index in [-0.39, 0.29) is 12.4 Å². The molecule has 0 aromatic heterocycles. The first-order chi connectivity index (χ1) is 9.41. The van der Waals surface area contributed by atoms with Gasteiger partial charge in [-0.15, -0.1) is 0 Å². The van der Waals surface area contributed by atoms with Gasteiger partial charge in [-0.1, -0.05) is 27.7 Å². The Morgan fingerprint density at radius 1 is 0.950 bits per heavy atom. The highest BCUT2D eigenvalue weighted by molar-refractivity contribution is 7.44. The van der Waals surface area contributed by atoms with E-state index in [1.54, 1.807) is 0 Å². The van der Waals surface area contributed by atoms with E-state index >= 15 is 0 Å². The Balaban J connectivity index is 3.45. The third-order valence-corrected chi connectivity index (χ3v) is 4.50. The molecule has 0 aliphatic rings. The zero-order valence-corrected chi connectivity index (χ0v) is 14.4. The van der Waals surface area contributed by atoms with E-state index in [2.05, 4.69) is 27.7 Å². The molecule has 20 heavy (non-hydrogen) atoms. The van der Waals surface area contributed by atoms with Crippen molar-refractivity contribution < 1.29 is 18.8 Å². The van der Waals surface area contributed by atoms with Crippen molar-refractivity contribution in [3.05, 3.63) is 0 Å². The van der Waals surface area contributed by atoms with Crippen molar-refractivity contribution in [2.24, 2.45) is 11.8 Å². The lowest BCUT2D eigenvalue weighted by Gasteiger charge is -2.07. The van der Waals surface area contributed by atoms with Gasteiger partial charge in [-0.25, -0.2) is 0 Å². The van der Waals surface area contributed by atoms with Crippen molar-refractivity contribution in [3.63, 3.8) is 0 Å². The molecular formula is C15H31O4P. The van der Waals surface area contributed by atoms with Crippen LogP contribution in [0.4, 0.5) is 0 Å². The fraction of sp³-hybridized carbons (Fsp3) is 0.933. The van der Waals surface area contributed by atoms with E-state index in [9.17, 15) is 9.36 Å². The molecule has 0 aliphatic heterocycles. The summed E-state index contributed by atoms with van der Waals surface area (Å²) in [6, 6.07) is 0. The molecule has 0 saturated carbocycles. The average molecular weight is 306 g/mol. The van der Waals surface area contributed by atoms with Crippen LogP contribution in [-0.4, -0.2) is 38.1 Å². The smallest absolute Gasteiger partial charge is 0.306 e. The van der Waals surface area contributed by atoms with E-state index in [0.717, 1.165) is 19.4 Å². The summed E-state index contributed by atoms with van der Waals surface area (Å²) in [5.41, 5.74) is 0. The molecule has 0 aliphatic carbocycles. The first kappa shape index (κ1) is 19.7. The maximum absolute atomic E-state index is 11.7. The molecule has 0 N–H and O–H groups in total. The minimum Gasteiger partial charge on any atom is -0.466 e. The quantitative estimate of drug-likeness (QED) is 0.314. The molecule has 0 spiro atoms. The molecule has 0 amide bonds. The van der Waals surface area contributed by atoms with Gasteiger partial charge >= 0.3 is 5.97 Å². The number of rotatable bonds is 12. The molecule has 0 bridgehead atoms. The van der Waals surface area contributed by atoms with Gasteiger partial charge in [0.25, 0.3) is 0 Å². The number of hydrogen-bond donors (Lipinski definition) is 0. The molecule has 0 saturated heterocycles. The van der Waals surface area contributed by atoms with Crippen LogP contribution in [0.25, 0.3) is 0 Å². The van der Waals surface area contributed by atoms with Crippen molar-refractivity contribution in [3.8, 4) is 0 Å². The summed E-state index contributed by atoms with van der Waals surface area (Å²) in [6.45, 7) is 10.2. The number of hydrogen-bond acceptors (Lipinski definition) is 4. The van der Waals surface area contributed by atoms with Crippen molar-refractivity contribution >= 4 is 13.8 Å². The molecule has 4 nitrogen and oxygen atoms in total. The minimum absolute atomic E-state index is 0.232. The molecule has 1 atom stereocenters. The van der Waals surface area contributed by atoms with Gasteiger partial charge < -0.3 is 14.0 Å². The molecule has 0 rings (SSSR count). The predicted octanol–water partition coefficient (Wildman–Crippen LogP) is 3.59. The van der Waals surface area contributed by atoms with E-state index in [0.29, 0.717) is 37.4 Å². The molecule has 5 heteroatoms. The van der Waals surface area contributed by atoms with Gasteiger partial charge in [0.05, 0.1) is 27.4 Å². The number of carbonyl (C=O) groups is 1. The number of carbonyl (C=O) groups excluding carboxylic acids is 1. The van der Waals surface area contributed by atoms with Crippen LogP contribution in [-0.2, 0) is 18.8 Å². The molecule has 0 fully saturated rings. The summed E-state index contributed by atoms with van der Waals surface area (Å²) < 4.78 is 22.2. The van der Waals surface area contributed by atoms with Crippen LogP contribution in [0.2, 0.25) is 0 Å². The summed E-state index contributed by atoms with van der Waals surface area (Å²) >= 11 is 0. The predicted molar refractivity (Wildman–Crippen MR) is 84.0 cm³/mol. The van der Waals surface area contributed by atoms with Crippen LogP contribution in [0, 0.1) is 11.8 Å². The fourth-order valence-corrected chi connectivity index (χ4v) is 2.56. The maximum Gasteiger partial charge on any atom is 0.306 e. The summed E-state index contributed by atoms with van der Waals surface area (Å²) in [4.78, 5) is 11.4. The van der Waals surface area contributed by atoms with Crippen LogP contribution in [0.3, 0.4) is 0 Å². The van der Waals surface area contributed by atoms with Gasteiger partial charge in [0.1, 0.15) is 0 Å². The first-order valence-electron chi connectivity index (χ1n) is 7.66. The first-order valence-corrected chi connectivity index (χ1v) is 9.49. The largest absolute Gasteiger partial charge is 0.466 e. The topological polar surface area (TPSA) is 52.6 Å². The summed E-state index contributed by atoms with van der Waals surface area (Å²) in [5.74, 6) is 0.933. The normalized spacial score (nSPS) is 12.9. The Hall–Kier alpha value is -0.340. The lowest BCUT2D eigenvalue weighted by atomic mass is 10.1. The lowest BCUT2D eigenvalue weighted by Crippen LogP contribution is -2.09. The van der Waals surface area contributed by atoms with Crippen LogP contribution >= 0.6 is 7.80 Å². The third kappa shape index (κ3) is 14.1. The second-order valence-corrected chi connectivity index (χ2v) is 8.06. The number of ether oxygens (including phenoxy) is 2. The molecule has 0 aromatic rings. The monoisotopic (exact) mass is 306 g/mol. The van der Waals surface area contributed by atoms with E-state index < -0.39 is 7.80 Å². The van der Waals surface area contributed by atoms with Crippen LogP contribution in [0.15, 0.2) is 0 Å². The third-order valence-electron chi connectivity index (χ3n) is 2.93. The SMILES string of the molecule is CC(C)CCOCC[PH](=O)CCC(=O)OCCC(C)C. The van der Waals surface area contributed by atoms with Crippen LogP contribution in [0.5, 0.6) is 0 Å². The minimum atomic E-state index is -1.70. The Bertz CT molecular complexity index is 277. The summed E-state index contributed by atoms with van der Waals surface area (Å²) in [6.07, 6.45) is 3.19. The summed E-state index contributed by atoms with van der Waals surface area (Å²) in [7, 11) is -1.70. The van der Waals surface area contributed by atoms with Crippen molar-refractivity contribution in [2.75, 3.05) is 32.1 Å². The number of esters is 1. The van der Waals surface area contributed by atoms with Gasteiger partial charge in [0.15, 0.2) is 0 Å². The van der Waals surface area contributed by atoms with Crippen molar-refractivity contribution in [1.29, 1.82) is 0 Å². The van der Waals surface area contributed by atoms with Gasteiger partial charge in [0.2, 0.25) is 0 Å². The Labute approximate surface area is 124 Å². The van der Waals surface area contributed by atoms with Gasteiger partial charge in [-0.05, 0) is 24.7 Å². The van der Waals surface area contributed by atoms with Crippen molar-refractivity contribution in [1.82, 2.24) is 0 Å². The highest BCUT2D eigenvalue weighted by atomic mass is 31.1. The molecule has 0 aromatic carbocycles. The van der Waals surface area contributed by atoms with Crippen molar-refractivity contribution in [2.45, 2.75) is 47.0 Å². The highest BCUT2D eigenvalue weighted by Crippen LogP contribution is 2.21. The molecule has 1 unspecified atom stereocenters. The van der Waals surface area contributed by atoms with E-state index in [1.807, 2.05) is 0 Å².